The molecule has 0 spiro atoms. The van der Waals surface area contributed by atoms with Crippen LogP contribution < -0.4 is 18.9 Å². The summed E-state index contributed by atoms with van der Waals surface area (Å²) in [7, 11) is 2.33. The molecule has 0 unspecified atom stereocenters. The van der Waals surface area contributed by atoms with Crippen LogP contribution in [0.1, 0.15) is 15.9 Å². The standard InChI is InChI=1S/C28H36O17/c1-39-14-7-12(31)24(45-28-23(37)21(35)19(33)16(9-30)44-28)25(40-2)17(14)26(38)41-10-11-5-3-4-6-13(11)42-27-22(36)20(34)18(32)15(8-29)43-27/h3-7,15-16,18-23,27-37H,8-10H2,1-2H3/t15-,16-,18-,19-,20+,21+,22-,23-,27-,28+/m1/s1. The first-order valence-corrected chi connectivity index (χ1v) is 13.6. The molecule has 2 heterocycles. The number of esters is 1. The summed E-state index contributed by atoms with van der Waals surface area (Å²) in [5.74, 6) is -2.77. The number of aliphatic hydroxyl groups excluding tert-OH is 8. The number of methoxy groups -OCH3 is 2. The first kappa shape index (κ1) is 34.4. The van der Waals surface area contributed by atoms with Gasteiger partial charge in [-0.1, -0.05) is 18.2 Å². The number of ether oxygens (including phenoxy) is 7. The van der Waals surface area contributed by atoms with Crippen molar-refractivity contribution in [2.24, 2.45) is 0 Å². The number of aromatic hydroxyl groups is 1. The van der Waals surface area contributed by atoms with Crippen molar-refractivity contribution >= 4 is 5.97 Å². The van der Waals surface area contributed by atoms with Crippen LogP contribution >= 0.6 is 0 Å². The van der Waals surface area contributed by atoms with Gasteiger partial charge in [-0.2, -0.15) is 0 Å². The fourth-order valence-corrected chi connectivity index (χ4v) is 4.79. The van der Waals surface area contributed by atoms with Crippen LogP contribution in [0.5, 0.6) is 28.7 Å². The van der Waals surface area contributed by atoms with Crippen LogP contribution in [0.4, 0.5) is 0 Å². The van der Waals surface area contributed by atoms with Gasteiger partial charge in [0.05, 0.1) is 27.4 Å². The van der Waals surface area contributed by atoms with Gasteiger partial charge in [0.25, 0.3) is 0 Å². The third-order valence-electron chi connectivity index (χ3n) is 7.31. The lowest BCUT2D eigenvalue weighted by atomic mass is 9.99. The predicted octanol–water partition coefficient (Wildman–Crippen LogP) is -2.88. The van der Waals surface area contributed by atoms with Crippen LogP contribution in [0.3, 0.4) is 0 Å². The van der Waals surface area contributed by atoms with Crippen LogP contribution in [0.2, 0.25) is 0 Å². The molecule has 17 heteroatoms. The molecule has 0 aromatic heterocycles. The molecule has 2 saturated heterocycles. The van der Waals surface area contributed by atoms with E-state index < -0.39 is 104 Å². The highest BCUT2D eigenvalue weighted by atomic mass is 16.7. The maximum atomic E-state index is 13.4. The first-order valence-electron chi connectivity index (χ1n) is 13.6. The normalized spacial score (nSPS) is 31.6. The lowest BCUT2D eigenvalue weighted by Crippen LogP contribution is -2.60. The quantitative estimate of drug-likeness (QED) is 0.111. The van der Waals surface area contributed by atoms with Gasteiger partial charge in [0, 0.05) is 11.6 Å². The maximum absolute atomic E-state index is 13.4. The molecule has 9 N–H and O–H groups in total. The fraction of sp³-hybridized carbons (Fsp3) is 0.536. The largest absolute Gasteiger partial charge is 0.504 e. The van der Waals surface area contributed by atoms with Crippen LogP contribution in [0, 0.1) is 0 Å². The van der Waals surface area contributed by atoms with Crippen molar-refractivity contribution in [2.75, 3.05) is 27.4 Å². The zero-order valence-electron chi connectivity index (χ0n) is 24.1. The Morgan fingerprint density at radius 2 is 1.29 bits per heavy atom. The Kier molecular flexibility index (Phi) is 11.3. The number of phenolic OH excluding ortho intramolecular Hbond substituents is 1. The van der Waals surface area contributed by atoms with Gasteiger partial charge in [0.1, 0.15) is 72.5 Å². The van der Waals surface area contributed by atoms with E-state index in [0.717, 1.165) is 13.2 Å². The third-order valence-corrected chi connectivity index (χ3v) is 7.31. The van der Waals surface area contributed by atoms with Gasteiger partial charge in [0.2, 0.25) is 18.3 Å². The second-order valence-corrected chi connectivity index (χ2v) is 10.1. The van der Waals surface area contributed by atoms with Crippen LogP contribution in [0.15, 0.2) is 30.3 Å². The Bertz CT molecular complexity index is 1300. The fourth-order valence-electron chi connectivity index (χ4n) is 4.79. The zero-order valence-corrected chi connectivity index (χ0v) is 24.1. The van der Waals surface area contributed by atoms with E-state index in [9.17, 15) is 50.8 Å². The Hall–Kier alpha value is -3.49. The third kappa shape index (κ3) is 7.02. The molecule has 17 nitrogen and oxygen atoms in total. The van der Waals surface area contributed by atoms with E-state index in [0.29, 0.717) is 0 Å². The number of hydrogen-bond donors (Lipinski definition) is 9. The summed E-state index contributed by atoms with van der Waals surface area (Å²) in [6.45, 7) is -1.85. The van der Waals surface area contributed by atoms with Crippen molar-refractivity contribution in [1.29, 1.82) is 0 Å². The van der Waals surface area contributed by atoms with E-state index in [2.05, 4.69) is 0 Å². The van der Waals surface area contributed by atoms with Crippen LogP contribution in [0.25, 0.3) is 0 Å². The van der Waals surface area contributed by atoms with Crippen molar-refractivity contribution in [2.45, 2.75) is 68.0 Å². The predicted molar refractivity (Wildman–Crippen MR) is 146 cm³/mol. The summed E-state index contributed by atoms with van der Waals surface area (Å²) in [5.41, 5.74) is -0.109. The van der Waals surface area contributed by atoms with Crippen LogP contribution in [-0.2, 0) is 20.8 Å². The second-order valence-electron chi connectivity index (χ2n) is 10.1. The summed E-state index contributed by atoms with van der Waals surface area (Å²) in [6, 6.07) is 7.13. The number of rotatable bonds is 11. The highest BCUT2D eigenvalue weighted by Gasteiger charge is 2.46. The molecule has 0 aliphatic carbocycles. The number of para-hydroxylation sites is 1. The molecule has 0 bridgehead atoms. The minimum atomic E-state index is -1.84. The Morgan fingerprint density at radius 3 is 1.82 bits per heavy atom. The Labute approximate surface area is 255 Å². The molecule has 2 aliphatic heterocycles. The van der Waals surface area contributed by atoms with Gasteiger partial charge in [0.15, 0.2) is 11.5 Å². The number of hydrogen-bond acceptors (Lipinski definition) is 17. The molecule has 2 aromatic rings. The number of carbonyl (C=O) groups is 1. The smallest absolute Gasteiger partial charge is 0.346 e. The number of carbonyl (C=O) groups excluding carboxylic acids is 1. The average molecular weight is 645 g/mol. The lowest BCUT2D eigenvalue weighted by molar-refractivity contribution is -0.277. The molecular formula is C28H36O17. The molecule has 10 atom stereocenters. The minimum Gasteiger partial charge on any atom is -0.504 e. The van der Waals surface area contributed by atoms with Crippen molar-refractivity contribution in [3.63, 3.8) is 0 Å². The summed E-state index contributed by atoms with van der Waals surface area (Å²) in [6.07, 6.45) is -16.0. The van der Waals surface area contributed by atoms with Gasteiger partial charge in [-0.15, -0.1) is 0 Å². The minimum absolute atomic E-state index is 0.0610. The lowest BCUT2D eigenvalue weighted by Gasteiger charge is -2.39. The molecular weight excluding hydrogens is 608 g/mol. The second kappa shape index (κ2) is 14.7. The zero-order chi connectivity index (χ0) is 33.0. The van der Waals surface area contributed by atoms with E-state index in [1.165, 1.54) is 19.2 Å². The molecule has 0 saturated carbocycles. The molecule has 45 heavy (non-hydrogen) atoms. The van der Waals surface area contributed by atoms with E-state index in [-0.39, 0.29) is 22.6 Å². The molecule has 4 rings (SSSR count). The van der Waals surface area contributed by atoms with E-state index in [1.807, 2.05) is 0 Å². The summed E-state index contributed by atoms with van der Waals surface area (Å²) < 4.78 is 38.0. The Balaban J connectivity index is 1.57. The first-order chi connectivity index (χ1) is 21.5. The van der Waals surface area contributed by atoms with Gasteiger partial charge in [-0.25, -0.2) is 4.79 Å². The van der Waals surface area contributed by atoms with Crippen molar-refractivity contribution in [3.05, 3.63) is 41.5 Å². The van der Waals surface area contributed by atoms with Gasteiger partial charge in [-0.05, 0) is 6.07 Å². The molecule has 250 valence electrons. The maximum Gasteiger partial charge on any atom is 0.346 e. The molecule has 2 fully saturated rings. The average Bonchev–Trinajstić information content (AvgIpc) is 3.04. The SMILES string of the molecule is COc1cc(O)c(O[C@@H]2O[C@H](CO)[C@@H](O)[C@H](O)[C@H]2O)c(OC)c1C(=O)OCc1ccccc1O[C@@H]1O[C@H](CO)[C@@H](O)[C@H](O)[C@H]1O. The van der Waals surface area contributed by atoms with E-state index in [4.69, 9.17) is 33.2 Å². The molecule has 2 aliphatic rings. The highest BCUT2D eigenvalue weighted by Crippen LogP contribution is 2.46. The van der Waals surface area contributed by atoms with Crippen LogP contribution in [-0.4, -0.2) is 141 Å². The Morgan fingerprint density at radius 1 is 0.733 bits per heavy atom. The van der Waals surface area contributed by atoms with Crippen molar-refractivity contribution < 1.29 is 83.9 Å². The van der Waals surface area contributed by atoms with Crippen molar-refractivity contribution in [3.8, 4) is 28.7 Å². The number of benzene rings is 2. The molecule has 0 amide bonds. The number of aliphatic hydroxyl groups is 8. The van der Waals surface area contributed by atoms with Gasteiger partial charge >= 0.3 is 5.97 Å². The molecule has 0 radical (unpaired) electrons. The van der Waals surface area contributed by atoms with E-state index >= 15 is 0 Å². The summed E-state index contributed by atoms with van der Waals surface area (Å²) in [5, 5.41) is 90.5. The monoisotopic (exact) mass is 644 g/mol. The van der Waals surface area contributed by atoms with Gasteiger partial charge < -0.3 is 79.1 Å². The van der Waals surface area contributed by atoms with Gasteiger partial charge in [-0.3, -0.25) is 0 Å². The van der Waals surface area contributed by atoms with Crippen molar-refractivity contribution in [1.82, 2.24) is 0 Å². The topological polar surface area (TPSA) is 264 Å². The van der Waals surface area contributed by atoms with E-state index in [1.54, 1.807) is 12.1 Å². The highest BCUT2D eigenvalue weighted by molar-refractivity contribution is 5.97. The summed E-state index contributed by atoms with van der Waals surface area (Å²) in [4.78, 5) is 13.4. The molecule has 2 aromatic carbocycles. The number of phenols is 1. The summed E-state index contributed by atoms with van der Waals surface area (Å²) >= 11 is 0.